The van der Waals surface area contributed by atoms with E-state index >= 15 is 0 Å². The van der Waals surface area contributed by atoms with Crippen molar-refractivity contribution in [3.63, 3.8) is 0 Å². The molecule has 1 fully saturated rings. The second-order valence-electron chi connectivity index (χ2n) is 8.06. The minimum atomic E-state index is -0.148. The van der Waals surface area contributed by atoms with Gasteiger partial charge in [-0.2, -0.15) is 0 Å². The smallest absolute Gasteiger partial charge is 0.127 e. The van der Waals surface area contributed by atoms with Gasteiger partial charge >= 0.3 is 0 Å². The summed E-state index contributed by atoms with van der Waals surface area (Å²) in [4.78, 5) is 0. The molecular weight excluding hydrogens is 355 g/mol. The largest absolute Gasteiger partial charge is 0.207 e. The van der Waals surface area contributed by atoms with Gasteiger partial charge in [0.2, 0.25) is 0 Å². The van der Waals surface area contributed by atoms with Crippen molar-refractivity contribution in [2.45, 2.75) is 71.1 Å². The van der Waals surface area contributed by atoms with Crippen molar-refractivity contribution in [1.82, 2.24) is 0 Å². The highest BCUT2D eigenvalue weighted by molar-refractivity contribution is 5.44. The summed E-state index contributed by atoms with van der Waals surface area (Å²) in [7, 11) is 0. The molecule has 29 heavy (non-hydrogen) atoms. The van der Waals surface area contributed by atoms with Crippen LogP contribution in [0.25, 0.3) is 0 Å². The summed E-state index contributed by atoms with van der Waals surface area (Å²) in [6, 6.07) is 14.0. The quantitative estimate of drug-likeness (QED) is 0.485. The SMILES string of the molecule is CCC#CCC1CCC(c2ccc(C#Cc3ccc(CCC)c(F)c3)cc2)CC1. The van der Waals surface area contributed by atoms with Crippen molar-refractivity contribution < 1.29 is 4.39 Å². The first-order valence-electron chi connectivity index (χ1n) is 11.1. The maximum absolute atomic E-state index is 14.1. The Balaban J connectivity index is 1.58. The lowest BCUT2D eigenvalue weighted by molar-refractivity contribution is 0.331. The van der Waals surface area contributed by atoms with E-state index in [-0.39, 0.29) is 5.82 Å². The van der Waals surface area contributed by atoms with Crippen LogP contribution in [0.3, 0.4) is 0 Å². The molecule has 2 aromatic rings. The molecule has 3 rings (SSSR count). The van der Waals surface area contributed by atoms with E-state index in [0.717, 1.165) is 48.3 Å². The highest BCUT2D eigenvalue weighted by Crippen LogP contribution is 2.36. The molecule has 0 atom stereocenters. The van der Waals surface area contributed by atoms with E-state index in [2.05, 4.69) is 61.8 Å². The molecule has 0 radical (unpaired) electrons. The molecule has 0 saturated heterocycles. The van der Waals surface area contributed by atoms with E-state index in [1.807, 2.05) is 12.1 Å². The fourth-order valence-electron chi connectivity index (χ4n) is 4.12. The van der Waals surface area contributed by atoms with Crippen LogP contribution in [0.4, 0.5) is 4.39 Å². The van der Waals surface area contributed by atoms with Crippen LogP contribution < -0.4 is 0 Å². The van der Waals surface area contributed by atoms with Gasteiger partial charge in [0.05, 0.1) is 0 Å². The number of benzene rings is 2. The van der Waals surface area contributed by atoms with Crippen molar-refractivity contribution >= 4 is 0 Å². The van der Waals surface area contributed by atoms with Gasteiger partial charge in [0.15, 0.2) is 0 Å². The van der Waals surface area contributed by atoms with Crippen LogP contribution in [-0.2, 0) is 6.42 Å². The summed E-state index contributed by atoms with van der Waals surface area (Å²) in [5.74, 6) is 14.1. The zero-order chi connectivity index (χ0) is 20.5. The molecule has 0 N–H and O–H groups in total. The zero-order valence-electron chi connectivity index (χ0n) is 17.7. The second-order valence-corrected chi connectivity index (χ2v) is 8.06. The topological polar surface area (TPSA) is 0 Å². The van der Waals surface area contributed by atoms with Gasteiger partial charge in [0, 0.05) is 24.0 Å². The third kappa shape index (κ3) is 6.24. The molecule has 0 nitrogen and oxygen atoms in total. The lowest BCUT2D eigenvalue weighted by Crippen LogP contribution is -2.12. The fourth-order valence-corrected chi connectivity index (χ4v) is 4.12. The normalized spacial score (nSPS) is 18.3. The van der Waals surface area contributed by atoms with E-state index in [4.69, 9.17) is 0 Å². The highest BCUT2D eigenvalue weighted by Gasteiger charge is 2.21. The summed E-state index contributed by atoms with van der Waals surface area (Å²) < 4.78 is 14.1. The maximum atomic E-state index is 14.1. The molecule has 0 spiro atoms. The Bertz CT molecular complexity index is 907. The Morgan fingerprint density at radius 1 is 0.862 bits per heavy atom. The lowest BCUT2D eigenvalue weighted by atomic mass is 9.77. The molecule has 1 aliphatic carbocycles. The Hall–Kier alpha value is -2.51. The molecule has 1 saturated carbocycles. The molecule has 0 aliphatic heterocycles. The van der Waals surface area contributed by atoms with Gasteiger partial charge in [-0.25, -0.2) is 4.39 Å². The minimum Gasteiger partial charge on any atom is -0.207 e. The molecule has 2 aromatic carbocycles. The Labute approximate surface area is 175 Å². The Morgan fingerprint density at radius 3 is 2.21 bits per heavy atom. The van der Waals surface area contributed by atoms with Crippen LogP contribution in [0.2, 0.25) is 0 Å². The van der Waals surface area contributed by atoms with Crippen molar-refractivity contribution in [2.75, 3.05) is 0 Å². The second kappa shape index (κ2) is 10.9. The Morgan fingerprint density at radius 2 is 1.55 bits per heavy atom. The van der Waals surface area contributed by atoms with Gasteiger partial charge in [0.1, 0.15) is 5.82 Å². The van der Waals surface area contributed by atoms with Crippen LogP contribution in [0.5, 0.6) is 0 Å². The number of rotatable bonds is 4. The Kier molecular flexibility index (Phi) is 7.95. The fraction of sp³-hybridized carbons (Fsp3) is 0.429. The van der Waals surface area contributed by atoms with E-state index in [9.17, 15) is 4.39 Å². The van der Waals surface area contributed by atoms with Crippen molar-refractivity contribution in [2.24, 2.45) is 5.92 Å². The molecule has 0 amide bonds. The summed E-state index contributed by atoms with van der Waals surface area (Å²) in [6.45, 7) is 4.17. The van der Waals surface area contributed by atoms with Gasteiger partial charge in [-0.3, -0.25) is 0 Å². The lowest BCUT2D eigenvalue weighted by Gasteiger charge is -2.27. The third-order valence-electron chi connectivity index (χ3n) is 5.84. The average molecular weight is 387 g/mol. The predicted octanol–water partition coefficient (Wildman–Crippen LogP) is 7.26. The van der Waals surface area contributed by atoms with Gasteiger partial charge in [-0.15, -0.1) is 11.8 Å². The molecule has 0 aromatic heterocycles. The van der Waals surface area contributed by atoms with E-state index in [1.165, 1.54) is 31.2 Å². The molecule has 1 aliphatic rings. The number of aryl methyl sites for hydroxylation is 1. The average Bonchev–Trinajstić information content (AvgIpc) is 2.75. The number of hydrogen-bond acceptors (Lipinski definition) is 0. The molecular formula is C28H31F. The zero-order valence-corrected chi connectivity index (χ0v) is 17.7. The predicted molar refractivity (Wildman–Crippen MR) is 120 cm³/mol. The van der Waals surface area contributed by atoms with Gasteiger partial charge in [-0.05, 0) is 79.3 Å². The summed E-state index contributed by atoms with van der Waals surface area (Å²) in [6.07, 6.45) is 8.82. The standard InChI is InChI=1S/C28H31F/c1-3-5-6-8-22-11-16-25(17-12-22)26-18-13-23(14-19-26)9-10-24-15-20-27(7-4-2)28(29)21-24/h13-15,18-22,25H,3-4,7-8,11-12,16-17H2,1-2H3. The third-order valence-corrected chi connectivity index (χ3v) is 5.84. The van der Waals surface area contributed by atoms with Crippen molar-refractivity contribution in [3.05, 3.63) is 70.5 Å². The molecule has 0 heterocycles. The molecule has 1 heteroatoms. The van der Waals surface area contributed by atoms with E-state index in [0.29, 0.717) is 5.92 Å². The first kappa shape index (κ1) is 21.2. The summed E-state index contributed by atoms with van der Waals surface area (Å²) in [5, 5.41) is 0. The van der Waals surface area contributed by atoms with E-state index < -0.39 is 0 Å². The molecule has 0 bridgehead atoms. The highest BCUT2D eigenvalue weighted by atomic mass is 19.1. The van der Waals surface area contributed by atoms with Gasteiger partial charge in [0.25, 0.3) is 0 Å². The summed E-state index contributed by atoms with van der Waals surface area (Å²) >= 11 is 0. The van der Waals surface area contributed by atoms with Crippen LogP contribution in [0.1, 0.15) is 87.0 Å². The monoisotopic (exact) mass is 386 g/mol. The first-order chi connectivity index (χ1) is 14.2. The van der Waals surface area contributed by atoms with Crippen LogP contribution in [-0.4, -0.2) is 0 Å². The van der Waals surface area contributed by atoms with Gasteiger partial charge < -0.3 is 0 Å². The van der Waals surface area contributed by atoms with Crippen LogP contribution in [0, 0.1) is 35.4 Å². The molecule has 0 unspecified atom stereocenters. The maximum Gasteiger partial charge on any atom is 0.127 e. The van der Waals surface area contributed by atoms with Crippen molar-refractivity contribution in [1.29, 1.82) is 0 Å². The number of halogens is 1. The van der Waals surface area contributed by atoms with Crippen LogP contribution in [0.15, 0.2) is 42.5 Å². The van der Waals surface area contributed by atoms with Crippen molar-refractivity contribution in [3.8, 4) is 23.7 Å². The first-order valence-corrected chi connectivity index (χ1v) is 11.1. The minimum absolute atomic E-state index is 0.148. The molecule has 150 valence electrons. The van der Waals surface area contributed by atoms with E-state index in [1.54, 1.807) is 6.07 Å². The number of hydrogen-bond donors (Lipinski definition) is 0. The van der Waals surface area contributed by atoms with Gasteiger partial charge in [-0.1, -0.05) is 50.3 Å². The van der Waals surface area contributed by atoms with Crippen LogP contribution >= 0.6 is 0 Å². The summed E-state index contributed by atoms with van der Waals surface area (Å²) in [5.41, 5.74) is 3.91.